The summed E-state index contributed by atoms with van der Waals surface area (Å²) in [5.41, 5.74) is 2.49. The number of fused-ring (bicyclic) bond motifs is 1. The van der Waals surface area contributed by atoms with Gasteiger partial charge >= 0.3 is 0 Å². The Morgan fingerprint density at radius 1 is 1.04 bits per heavy atom. The predicted octanol–water partition coefficient (Wildman–Crippen LogP) is 6.23. The van der Waals surface area contributed by atoms with Crippen LogP contribution in [0.25, 0.3) is 5.65 Å². The summed E-state index contributed by atoms with van der Waals surface area (Å²) in [7, 11) is 0. The monoisotopic (exact) mass is 350 g/mol. The number of benzene rings is 1. The first-order chi connectivity index (χ1) is 12.5. The molecule has 0 unspecified atom stereocenters. The van der Waals surface area contributed by atoms with Crippen LogP contribution in [0.2, 0.25) is 0 Å². The Morgan fingerprint density at radius 2 is 1.81 bits per heavy atom. The maximum absolute atomic E-state index is 5.69. The van der Waals surface area contributed by atoms with E-state index >= 15 is 0 Å². The van der Waals surface area contributed by atoms with Crippen molar-refractivity contribution in [2.45, 2.75) is 46.0 Å². The average molecular weight is 350 g/mol. The first kappa shape index (κ1) is 18.1. The Balaban J connectivity index is 1.86. The topological polar surface area (TPSA) is 51.2 Å². The van der Waals surface area contributed by atoms with Gasteiger partial charge in [-0.1, -0.05) is 40.2 Å². The van der Waals surface area contributed by atoms with E-state index in [1.807, 2.05) is 53.1 Å². The standard InChI is InChI=1S/C21H26N4O/c1-5-6-15-26-17-12-10-16(11-13-17)23-24-20-19(21(2,3)4)22-18-9-7-8-14-25(18)20/h7-14H,5-6,15H2,1-4H3. The summed E-state index contributed by atoms with van der Waals surface area (Å²) in [6.07, 6.45) is 4.16. The Hall–Kier alpha value is -2.69. The molecule has 0 aliphatic carbocycles. The second-order valence-corrected chi connectivity index (χ2v) is 7.36. The van der Waals surface area contributed by atoms with E-state index in [0.29, 0.717) is 0 Å². The van der Waals surface area contributed by atoms with Gasteiger partial charge in [-0.2, -0.15) is 0 Å². The number of nitrogens with zero attached hydrogens (tertiary/aromatic N) is 4. The largest absolute Gasteiger partial charge is 0.494 e. The van der Waals surface area contributed by atoms with Crippen molar-refractivity contribution < 1.29 is 4.74 Å². The first-order valence-corrected chi connectivity index (χ1v) is 9.11. The maximum Gasteiger partial charge on any atom is 0.183 e. The van der Waals surface area contributed by atoms with Crippen LogP contribution in [-0.4, -0.2) is 16.0 Å². The molecule has 3 rings (SSSR count). The summed E-state index contributed by atoms with van der Waals surface area (Å²) in [6, 6.07) is 13.6. The van der Waals surface area contributed by atoms with Gasteiger partial charge in [0.2, 0.25) is 0 Å². The van der Waals surface area contributed by atoms with Crippen molar-refractivity contribution in [1.29, 1.82) is 0 Å². The third-order valence-electron chi connectivity index (χ3n) is 4.08. The SMILES string of the molecule is CCCCOc1ccc(N=Nc2c(C(C)(C)C)nc3ccccn23)cc1. The molecule has 0 aliphatic heterocycles. The number of aromatic nitrogens is 2. The van der Waals surface area contributed by atoms with Crippen LogP contribution in [0.1, 0.15) is 46.2 Å². The van der Waals surface area contributed by atoms with Gasteiger partial charge in [0.1, 0.15) is 11.4 Å². The molecule has 0 radical (unpaired) electrons. The fraction of sp³-hybridized carbons (Fsp3) is 0.381. The van der Waals surface area contributed by atoms with Gasteiger partial charge in [-0.15, -0.1) is 10.2 Å². The van der Waals surface area contributed by atoms with Crippen molar-refractivity contribution in [2.24, 2.45) is 10.2 Å². The average Bonchev–Trinajstić information content (AvgIpc) is 3.00. The Morgan fingerprint density at radius 3 is 2.50 bits per heavy atom. The highest BCUT2D eigenvalue weighted by Gasteiger charge is 2.23. The second kappa shape index (κ2) is 7.68. The number of rotatable bonds is 6. The molecule has 5 nitrogen and oxygen atoms in total. The number of ether oxygens (including phenoxy) is 1. The third-order valence-corrected chi connectivity index (χ3v) is 4.08. The minimum Gasteiger partial charge on any atom is -0.494 e. The van der Waals surface area contributed by atoms with Crippen molar-refractivity contribution in [2.75, 3.05) is 6.61 Å². The second-order valence-electron chi connectivity index (χ2n) is 7.36. The van der Waals surface area contributed by atoms with E-state index < -0.39 is 0 Å². The van der Waals surface area contributed by atoms with Crippen molar-refractivity contribution in [1.82, 2.24) is 9.38 Å². The van der Waals surface area contributed by atoms with Crippen molar-refractivity contribution >= 4 is 17.2 Å². The fourth-order valence-electron chi connectivity index (χ4n) is 2.63. The molecule has 0 atom stereocenters. The van der Waals surface area contributed by atoms with Crippen LogP contribution in [0, 0.1) is 0 Å². The van der Waals surface area contributed by atoms with Crippen LogP contribution in [0.4, 0.5) is 11.5 Å². The lowest BCUT2D eigenvalue weighted by Crippen LogP contribution is -2.11. The van der Waals surface area contributed by atoms with Crippen molar-refractivity contribution in [3.63, 3.8) is 0 Å². The van der Waals surface area contributed by atoms with Gasteiger partial charge in [0.05, 0.1) is 18.0 Å². The minimum absolute atomic E-state index is 0.114. The molecule has 0 bridgehead atoms. The first-order valence-electron chi connectivity index (χ1n) is 9.11. The van der Waals surface area contributed by atoms with Crippen LogP contribution in [0.5, 0.6) is 5.75 Å². The number of pyridine rings is 1. The molecular weight excluding hydrogens is 324 g/mol. The van der Waals surface area contributed by atoms with Crippen molar-refractivity contribution in [3.05, 3.63) is 54.4 Å². The molecule has 3 aromatic rings. The lowest BCUT2D eigenvalue weighted by molar-refractivity contribution is 0.309. The van der Waals surface area contributed by atoms with Crippen LogP contribution in [0.3, 0.4) is 0 Å². The number of imidazole rings is 1. The Bertz CT molecular complexity index is 889. The molecule has 2 heterocycles. The van der Waals surface area contributed by atoms with Crippen LogP contribution >= 0.6 is 0 Å². The molecule has 136 valence electrons. The van der Waals surface area contributed by atoms with E-state index in [0.717, 1.165) is 48.0 Å². The number of hydrogen-bond donors (Lipinski definition) is 0. The molecule has 0 saturated heterocycles. The highest BCUT2D eigenvalue weighted by Crippen LogP contribution is 2.33. The zero-order chi connectivity index (χ0) is 18.6. The van der Waals surface area contributed by atoms with Gasteiger partial charge < -0.3 is 4.74 Å². The zero-order valence-electron chi connectivity index (χ0n) is 15.9. The summed E-state index contributed by atoms with van der Waals surface area (Å²) < 4.78 is 7.67. The number of unbranched alkanes of at least 4 members (excludes halogenated alkanes) is 1. The summed E-state index contributed by atoms with van der Waals surface area (Å²) >= 11 is 0. The molecule has 0 amide bonds. The van der Waals surface area contributed by atoms with Gasteiger partial charge in [-0.25, -0.2) is 4.98 Å². The molecule has 0 N–H and O–H groups in total. The Kier molecular flexibility index (Phi) is 5.35. The molecule has 0 fully saturated rings. The molecule has 5 heteroatoms. The van der Waals surface area contributed by atoms with E-state index in [1.165, 1.54) is 0 Å². The third kappa shape index (κ3) is 4.10. The molecule has 0 aliphatic rings. The number of hydrogen-bond acceptors (Lipinski definition) is 4. The van der Waals surface area contributed by atoms with E-state index in [1.54, 1.807) is 0 Å². The molecule has 0 spiro atoms. The van der Waals surface area contributed by atoms with E-state index in [4.69, 9.17) is 9.72 Å². The summed E-state index contributed by atoms with van der Waals surface area (Å²) in [4.78, 5) is 4.74. The van der Waals surface area contributed by atoms with Crippen molar-refractivity contribution in [3.8, 4) is 5.75 Å². The fourth-order valence-corrected chi connectivity index (χ4v) is 2.63. The van der Waals surface area contributed by atoms with Crippen LogP contribution in [0.15, 0.2) is 58.9 Å². The zero-order valence-corrected chi connectivity index (χ0v) is 15.9. The van der Waals surface area contributed by atoms with E-state index in [-0.39, 0.29) is 5.41 Å². The van der Waals surface area contributed by atoms with E-state index in [9.17, 15) is 0 Å². The smallest absolute Gasteiger partial charge is 0.183 e. The highest BCUT2D eigenvalue weighted by atomic mass is 16.5. The van der Waals surface area contributed by atoms with Gasteiger partial charge in [0.25, 0.3) is 0 Å². The highest BCUT2D eigenvalue weighted by molar-refractivity contribution is 5.54. The van der Waals surface area contributed by atoms with E-state index in [2.05, 4.69) is 37.9 Å². The summed E-state index contributed by atoms with van der Waals surface area (Å²) in [6.45, 7) is 9.30. The van der Waals surface area contributed by atoms with Gasteiger partial charge in [-0.05, 0) is 42.8 Å². The van der Waals surface area contributed by atoms with Crippen LogP contribution in [-0.2, 0) is 5.41 Å². The molecule has 26 heavy (non-hydrogen) atoms. The quantitative estimate of drug-likeness (QED) is 0.391. The van der Waals surface area contributed by atoms with Crippen LogP contribution < -0.4 is 4.74 Å². The molecular formula is C21H26N4O. The summed E-state index contributed by atoms with van der Waals surface area (Å²) in [5, 5.41) is 8.94. The molecule has 1 aromatic carbocycles. The Labute approximate surface area is 154 Å². The van der Waals surface area contributed by atoms with Gasteiger partial charge in [0, 0.05) is 11.6 Å². The lowest BCUT2D eigenvalue weighted by Gasteiger charge is -2.15. The lowest BCUT2D eigenvalue weighted by atomic mass is 9.92. The number of azo groups is 1. The predicted molar refractivity (Wildman–Crippen MR) is 105 cm³/mol. The molecule has 0 saturated carbocycles. The minimum atomic E-state index is -0.114. The van der Waals surface area contributed by atoms with Gasteiger partial charge in [-0.3, -0.25) is 4.40 Å². The molecule has 2 aromatic heterocycles. The maximum atomic E-state index is 5.69. The van der Waals surface area contributed by atoms with Gasteiger partial charge in [0.15, 0.2) is 5.82 Å². The summed E-state index contributed by atoms with van der Waals surface area (Å²) in [5.74, 6) is 1.64. The normalized spacial score (nSPS) is 12.2.